The number of alkyl halides is 3. The quantitative estimate of drug-likeness (QED) is 0.258. The zero-order valence-corrected chi connectivity index (χ0v) is 26.1. The van der Waals surface area contributed by atoms with Crippen LogP contribution in [0.1, 0.15) is 67.9 Å². The van der Waals surface area contributed by atoms with Crippen molar-refractivity contribution in [1.82, 2.24) is 14.7 Å². The fourth-order valence-electron chi connectivity index (χ4n) is 5.60. The molecule has 2 aromatic rings. The summed E-state index contributed by atoms with van der Waals surface area (Å²) in [5.41, 5.74) is -1.86. The molecule has 2 saturated heterocycles. The Bertz CT molecular complexity index is 1400. The monoisotopic (exact) mass is 649 g/mol. The zero-order chi connectivity index (χ0) is 33.6. The molecule has 2 aliphatic heterocycles. The van der Waals surface area contributed by atoms with Crippen LogP contribution in [0.4, 0.5) is 27.2 Å². The third kappa shape index (κ3) is 9.20. The molecule has 250 valence electrons. The number of piperidine rings is 2. The molecule has 3 amide bonds. The Morgan fingerprint density at radius 2 is 1.57 bits per heavy atom. The number of amides is 3. The third-order valence-corrected chi connectivity index (χ3v) is 7.99. The average Bonchev–Trinajstić information content (AvgIpc) is 3.01. The predicted molar refractivity (Wildman–Crippen MR) is 159 cm³/mol. The van der Waals surface area contributed by atoms with E-state index in [4.69, 9.17) is 9.47 Å². The van der Waals surface area contributed by atoms with E-state index in [-0.39, 0.29) is 44.6 Å². The Morgan fingerprint density at radius 1 is 0.891 bits per heavy atom. The first-order chi connectivity index (χ1) is 21.6. The largest absolute Gasteiger partial charge is 0.445 e. The first-order valence-electron chi connectivity index (χ1n) is 15.3. The van der Waals surface area contributed by atoms with E-state index in [2.05, 4.69) is 0 Å². The summed E-state index contributed by atoms with van der Waals surface area (Å²) >= 11 is 0. The lowest BCUT2D eigenvalue weighted by Gasteiger charge is -2.41. The summed E-state index contributed by atoms with van der Waals surface area (Å²) in [4.78, 5) is 57.2. The van der Waals surface area contributed by atoms with E-state index in [1.54, 1.807) is 20.8 Å². The fourth-order valence-corrected chi connectivity index (χ4v) is 5.60. The van der Waals surface area contributed by atoms with Crippen molar-refractivity contribution < 1.29 is 46.2 Å². The van der Waals surface area contributed by atoms with Crippen molar-refractivity contribution in [2.45, 2.75) is 70.9 Å². The molecule has 0 aromatic heterocycles. The number of ether oxygens (including phenoxy) is 2. The van der Waals surface area contributed by atoms with Crippen LogP contribution in [-0.4, -0.2) is 82.9 Å². The standard InChI is InChI=1S/C33H39F4N3O6/c1-32(2,3)46-31(44)38-16-13-23(14-17-38)29(42)40(20-28(41)24-11-12-27(34)26(18-24)33(35,36)37)25-10-7-15-39(19-25)30(43)45-21-22-8-5-4-6-9-22/h4-6,8-9,11-12,18,23,25H,7,10,13-17,19-21H2,1-3H3. The van der Waals surface area contributed by atoms with Gasteiger partial charge >= 0.3 is 18.4 Å². The van der Waals surface area contributed by atoms with Gasteiger partial charge in [0.2, 0.25) is 5.91 Å². The summed E-state index contributed by atoms with van der Waals surface area (Å²) < 4.78 is 65.0. The van der Waals surface area contributed by atoms with Gasteiger partial charge in [0.15, 0.2) is 5.78 Å². The van der Waals surface area contributed by atoms with Gasteiger partial charge < -0.3 is 24.2 Å². The molecule has 0 saturated carbocycles. The fraction of sp³-hybridized carbons (Fsp3) is 0.515. The Kier molecular flexibility index (Phi) is 10.9. The van der Waals surface area contributed by atoms with Crippen LogP contribution in [0, 0.1) is 11.7 Å². The van der Waals surface area contributed by atoms with Crippen LogP contribution >= 0.6 is 0 Å². The lowest BCUT2D eigenvalue weighted by Crippen LogP contribution is -2.55. The highest BCUT2D eigenvalue weighted by molar-refractivity contribution is 5.99. The number of carbonyl (C=O) groups excluding carboxylic acids is 4. The van der Waals surface area contributed by atoms with Crippen molar-refractivity contribution in [2.75, 3.05) is 32.7 Å². The topological polar surface area (TPSA) is 96.5 Å². The number of hydrogen-bond acceptors (Lipinski definition) is 6. The van der Waals surface area contributed by atoms with Gasteiger partial charge in [0.05, 0.1) is 12.1 Å². The number of likely N-dealkylation sites (tertiary alicyclic amines) is 2. The molecular formula is C33H39F4N3O6. The van der Waals surface area contributed by atoms with Gasteiger partial charge in [-0.3, -0.25) is 9.59 Å². The maximum Gasteiger partial charge on any atom is 0.419 e. The Labute approximate surface area is 265 Å². The van der Waals surface area contributed by atoms with Crippen LogP contribution in [0.15, 0.2) is 48.5 Å². The van der Waals surface area contributed by atoms with Gasteiger partial charge in [-0.25, -0.2) is 14.0 Å². The molecule has 46 heavy (non-hydrogen) atoms. The lowest BCUT2D eigenvalue weighted by atomic mass is 9.93. The minimum Gasteiger partial charge on any atom is -0.445 e. The van der Waals surface area contributed by atoms with Gasteiger partial charge in [-0.15, -0.1) is 0 Å². The van der Waals surface area contributed by atoms with Crippen molar-refractivity contribution >= 4 is 23.9 Å². The highest BCUT2D eigenvalue weighted by atomic mass is 19.4. The van der Waals surface area contributed by atoms with Gasteiger partial charge in [-0.2, -0.15) is 13.2 Å². The highest BCUT2D eigenvalue weighted by Crippen LogP contribution is 2.32. The molecule has 1 unspecified atom stereocenters. The molecule has 1 atom stereocenters. The second-order valence-electron chi connectivity index (χ2n) is 12.6. The van der Waals surface area contributed by atoms with E-state index in [1.165, 1.54) is 14.7 Å². The summed E-state index contributed by atoms with van der Waals surface area (Å²) in [5, 5.41) is 0. The Balaban J connectivity index is 1.51. The van der Waals surface area contributed by atoms with Gasteiger partial charge in [0.25, 0.3) is 0 Å². The Hall–Kier alpha value is -4.16. The molecule has 0 bridgehead atoms. The molecule has 4 rings (SSSR count). The second-order valence-corrected chi connectivity index (χ2v) is 12.6. The maximum absolute atomic E-state index is 14.0. The summed E-state index contributed by atoms with van der Waals surface area (Å²) in [5.74, 6) is -3.29. The van der Waals surface area contributed by atoms with E-state index in [0.29, 0.717) is 31.5 Å². The summed E-state index contributed by atoms with van der Waals surface area (Å²) in [6.07, 6.45) is -4.60. The highest BCUT2D eigenvalue weighted by Gasteiger charge is 2.39. The number of carbonyl (C=O) groups is 4. The average molecular weight is 650 g/mol. The third-order valence-electron chi connectivity index (χ3n) is 7.99. The van der Waals surface area contributed by atoms with Crippen molar-refractivity contribution in [3.8, 4) is 0 Å². The number of nitrogens with zero attached hydrogens (tertiary/aromatic N) is 3. The molecular weight excluding hydrogens is 610 g/mol. The number of hydrogen-bond donors (Lipinski definition) is 0. The van der Waals surface area contributed by atoms with Crippen LogP contribution in [0.25, 0.3) is 0 Å². The van der Waals surface area contributed by atoms with Gasteiger partial charge in [0, 0.05) is 43.7 Å². The zero-order valence-electron chi connectivity index (χ0n) is 26.1. The second kappa shape index (κ2) is 14.5. The van der Waals surface area contributed by atoms with Crippen LogP contribution in [0.5, 0.6) is 0 Å². The number of Topliss-reactive ketones (excluding diaryl/α,β-unsaturated/α-hetero) is 1. The molecule has 0 aliphatic carbocycles. The first-order valence-corrected chi connectivity index (χ1v) is 15.3. The Morgan fingerprint density at radius 3 is 2.20 bits per heavy atom. The normalized spacial score (nSPS) is 17.8. The van der Waals surface area contributed by atoms with Crippen molar-refractivity contribution in [3.63, 3.8) is 0 Å². The van der Waals surface area contributed by atoms with Crippen molar-refractivity contribution in [3.05, 3.63) is 71.0 Å². The lowest BCUT2D eigenvalue weighted by molar-refractivity contribution is -0.141. The smallest absolute Gasteiger partial charge is 0.419 e. The number of halogens is 4. The van der Waals surface area contributed by atoms with Crippen LogP contribution < -0.4 is 0 Å². The number of rotatable bonds is 7. The van der Waals surface area contributed by atoms with Crippen molar-refractivity contribution in [1.29, 1.82) is 0 Å². The van der Waals surface area contributed by atoms with Crippen LogP contribution in [-0.2, 0) is 27.1 Å². The molecule has 13 heteroatoms. The van der Waals surface area contributed by atoms with Crippen LogP contribution in [0.2, 0.25) is 0 Å². The minimum atomic E-state index is -5.01. The van der Waals surface area contributed by atoms with Gasteiger partial charge in [-0.1, -0.05) is 30.3 Å². The van der Waals surface area contributed by atoms with E-state index in [1.807, 2.05) is 30.3 Å². The summed E-state index contributed by atoms with van der Waals surface area (Å²) in [7, 11) is 0. The van der Waals surface area contributed by atoms with Gasteiger partial charge in [0.1, 0.15) is 18.0 Å². The predicted octanol–water partition coefficient (Wildman–Crippen LogP) is 6.30. The number of ketones is 1. The summed E-state index contributed by atoms with van der Waals surface area (Å²) in [6.45, 7) is 5.63. The first kappa shape index (κ1) is 34.7. The molecule has 2 fully saturated rings. The summed E-state index contributed by atoms with van der Waals surface area (Å²) in [6, 6.07) is 10.5. The molecule has 0 radical (unpaired) electrons. The van der Waals surface area contributed by atoms with Crippen molar-refractivity contribution in [2.24, 2.45) is 5.92 Å². The minimum absolute atomic E-state index is 0.0459. The molecule has 2 aromatic carbocycles. The maximum atomic E-state index is 14.0. The van der Waals surface area contributed by atoms with Gasteiger partial charge in [-0.05, 0) is 70.2 Å². The molecule has 2 heterocycles. The van der Waals surface area contributed by atoms with Crippen LogP contribution in [0.3, 0.4) is 0 Å². The van der Waals surface area contributed by atoms with E-state index in [0.717, 1.165) is 11.6 Å². The molecule has 9 nitrogen and oxygen atoms in total. The van der Waals surface area contributed by atoms with E-state index < -0.39 is 65.5 Å². The van der Waals surface area contributed by atoms with E-state index >= 15 is 0 Å². The molecule has 2 aliphatic rings. The number of benzene rings is 2. The molecule has 0 spiro atoms. The molecule has 0 N–H and O–H groups in total. The SMILES string of the molecule is CC(C)(C)OC(=O)N1CCC(C(=O)N(CC(=O)c2ccc(F)c(C(F)(F)F)c2)C2CCCN(C(=O)OCc3ccccc3)C2)CC1. The van der Waals surface area contributed by atoms with E-state index in [9.17, 15) is 36.7 Å².